The Bertz CT molecular complexity index is 851. The third-order valence-corrected chi connectivity index (χ3v) is 4.38. The van der Waals surface area contributed by atoms with Crippen molar-refractivity contribution in [3.63, 3.8) is 0 Å². The Morgan fingerprint density at radius 2 is 1.89 bits per heavy atom. The molecule has 0 aliphatic rings. The number of hydrogen-bond acceptors (Lipinski definition) is 5. The second-order valence-electron chi connectivity index (χ2n) is 6.52. The van der Waals surface area contributed by atoms with Crippen LogP contribution in [0.3, 0.4) is 0 Å². The van der Waals surface area contributed by atoms with Crippen molar-refractivity contribution in [3.8, 4) is 11.5 Å². The van der Waals surface area contributed by atoms with Crippen LogP contribution in [0, 0.1) is 6.92 Å². The molecule has 28 heavy (non-hydrogen) atoms. The molecule has 0 bridgehead atoms. The van der Waals surface area contributed by atoms with Crippen molar-refractivity contribution >= 4 is 29.2 Å². The molecular formula is C21H24ClNO5. The zero-order valence-electron chi connectivity index (χ0n) is 16.4. The summed E-state index contributed by atoms with van der Waals surface area (Å²) in [5.74, 6) is 0.282. The van der Waals surface area contributed by atoms with Gasteiger partial charge in [-0.25, -0.2) is 4.79 Å². The number of methoxy groups -OCH3 is 1. The van der Waals surface area contributed by atoms with Crippen LogP contribution in [0.2, 0.25) is 5.02 Å². The lowest BCUT2D eigenvalue weighted by atomic mass is 10.0. The third kappa shape index (κ3) is 6.16. The van der Waals surface area contributed by atoms with Crippen LogP contribution in [-0.2, 0) is 14.3 Å². The fourth-order valence-corrected chi connectivity index (χ4v) is 2.64. The van der Waals surface area contributed by atoms with Gasteiger partial charge in [0.05, 0.1) is 7.11 Å². The van der Waals surface area contributed by atoms with Gasteiger partial charge >= 0.3 is 5.97 Å². The van der Waals surface area contributed by atoms with E-state index < -0.39 is 18.5 Å². The first-order chi connectivity index (χ1) is 13.3. The molecule has 0 fully saturated rings. The van der Waals surface area contributed by atoms with Crippen LogP contribution in [0.4, 0.5) is 5.69 Å². The van der Waals surface area contributed by atoms with Crippen LogP contribution in [-0.4, -0.2) is 32.2 Å². The Balaban J connectivity index is 1.86. The van der Waals surface area contributed by atoms with E-state index in [9.17, 15) is 9.59 Å². The van der Waals surface area contributed by atoms with E-state index >= 15 is 0 Å². The molecule has 0 heterocycles. The molecular weight excluding hydrogens is 382 g/mol. The van der Waals surface area contributed by atoms with Crippen LogP contribution in [0.15, 0.2) is 36.4 Å². The molecule has 0 aliphatic carbocycles. The summed E-state index contributed by atoms with van der Waals surface area (Å²) in [5, 5.41) is 3.28. The fourth-order valence-electron chi connectivity index (χ4n) is 2.47. The van der Waals surface area contributed by atoms with E-state index in [1.165, 1.54) is 7.11 Å². The number of anilines is 1. The van der Waals surface area contributed by atoms with E-state index in [4.69, 9.17) is 25.8 Å². The van der Waals surface area contributed by atoms with Crippen molar-refractivity contribution in [2.45, 2.75) is 26.7 Å². The lowest BCUT2D eigenvalue weighted by Gasteiger charge is -2.15. The summed E-state index contributed by atoms with van der Waals surface area (Å²) in [7, 11) is 1.54. The van der Waals surface area contributed by atoms with Gasteiger partial charge in [0.2, 0.25) is 0 Å². The zero-order chi connectivity index (χ0) is 20.7. The highest BCUT2D eigenvalue weighted by Crippen LogP contribution is 2.32. The molecule has 0 unspecified atom stereocenters. The maximum atomic E-state index is 11.9. The Morgan fingerprint density at radius 3 is 2.57 bits per heavy atom. The monoisotopic (exact) mass is 405 g/mol. The number of ether oxygens (including phenoxy) is 3. The Labute approximate surface area is 169 Å². The molecule has 0 saturated heterocycles. The molecule has 7 heteroatoms. The SMILES string of the molecule is COc1cccc(NC(=O)COC(=O)COc2cc(C)c(Cl)cc2C(C)C)c1. The number of hydrogen-bond donors (Lipinski definition) is 1. The van der Waals surface area contributed by atoms with Gasteiger partial charge in [-0.05, 0) is 48.2 Å². The molecule has 150 valence electrons. The minimum absolute atomic E-state index is 0.178. The molecule has 2 aromatic carbocycles. The van der Waals surface area contributed by atoms with Gasteiger partial charge in [-0.15, -0.1) is 0 Å². The molecule has 1 amide bonds. The Kier molecular flexibility index (Phi) is 7.70. The highest BCUT2D eigenvalue weighted by Gasteiger charge is 2.14. The quantitative estimate of drug-likeness (QED) is 0.661. The standard InChI is InChI=1S/C21H24ClNO5/c1-13(2)17-10-18(22)14(3)8-19(17)27-12-21(25)28-11-20(24)23-15-6-5-7-16(9-15)26-4/h5-10,13H,11-12H2,1-4H3,(H,23,24). The summed E-state index contributed by atoms with van der Waals surface area (Å²) >= 11 is 6.16. The molecule has 0 atom stereocenters. The van der Waals surface area contributed by atoms with Gasteiger partial charge < -0.3 is 19.5 Å². The molecule has 1 N–H and O–H groups in total. The topological polar surface area (TPSA) is 73.9 Å². The minimum atomic E-state index is -0.636. The number of amides is 1. The van der Waals surface area contributed by atoms with Crippen LogP contribution < -0.4 is 14.8 Å². The van der Waals surface area contributed by atoms with Crippen molar-refractivity contribution in [3.05, 3.63) is 52.5 Å². The van der Waals surface area contributed by atoms with E-state index in [1.54, 1.807) is 30.3 Å². The van der Waals surface area contributed by atoms with E-state index in [0.29, 0.717) is 22.2 Å². The maximum absolute atomic E-state index is 11.9. The lowest BCUT2D eigenvalue weighted by molar-refractivity contribution is -0.149. The van der Waals surface area contributed by atoms with Crippen molar-refractivity contribution in [1.29, 1.82) is 0 Å². The van der Waals surface area contributed by atoms with E-state index in [-0.39, 0.29) is 12.5 Å². The highest BCUT2D eigenvalue weighted by molar-refractivity contribution is 6.31. The van der Waals surface area contributed by atoms with E-state index in [0.717, 1.165) is 11.1 Å². The first-order valence-electron chi connectivity index (χ1n) is 8.82. The van der Waals surface area contributed by atoms with Gasteiger partial charge in [-0.1, -0.05) is 31.5 Å². The number of carbonyl (C=O) groups excluding carboxylic acids is 2. The predicted molar refractivity (Wildman–Crippen MR) is 108 cm³/mol. The summed E-state index contributed by atoms with van der Waals surface area (Å²) in [4.78, 5) is 23.9. The largest absolute Gasteiger partial charge is 0.497 e. The van der Waals surface area contributed by atoms with Gasteiger partial charge in [0, 0.05) is 16.8 Å². The van der Waals surface area contributed by atoms with Crippen molar-refractivity contribution in [2.75, 3.05) is 25.6 Å². The van der Waals surface area contributed by atoms with Crippen molar-refractivity contribution in [2.24, 2.45) is 0 Å². The molecule has 0 aliphatic heterocycles. The number of benzene rings is 2. The first kappa shape index (κ1) is 21.6. The van der Waals surface area contributed by atoms with Gasteiger partial charge in [0.1, 0.15) is 11.5 Å². The van der Waals surface area contributed by atoms with Crippen LogP contribution >= 0.6 is 11.6 Å². The molecule has 0 radical (unpaired) electrons. The number of aryl methyl sites for hydroxylation is 1. The smallest absolute Gasteiger partial charge is 0.344 e. The second-order valence-corrected chi connectivity index (χ2v) is 6.93. The predicted octanol–water partition coefficient (Wildman–Crippen LogP) is 4.34. The number of esters is 1. The number of rotatable bonds is 8. The van der Waals surface area contributed by atoms with Gasteiger partial charge in [-0.3, -0.25) is 4.79 Å². The molecule has 2 rings (SSSR count). The van der Waals surface area contributed by atoms with Gasteiger partial charge in [0.15, 0.2) is 13.2 Å². The fraction of sp³-hybridized carbons (Fsp3) is 0.333. The summed E-state index contributed by atoms with van der Waals surface area (Å²) in [6.07, 6.45) is 0. The first-order valence-corrected chi connectivity index (χ1v) is 9.20. The van der Waals surface area contributed by atoms with Crippen LogP contribution in [0.1, 0.15) is 30.9 Å². The zero-order valence-corrected chi connectivity index (χ0v) is 17.1. The highest BCUT2D eigenvalue weighted by atomic mass is 35.5. The lowest BCUT2D eigenvalue weighted by Crippen LogP contribution is -2.23. The molecule has 2 aromatic rings. The molecule has 0 aromatic heterocycles. The Hall–Kier alpha value is -2.73. The third-order valence-electron chi connectivity index (χ3n) is 3.98. The van der Waals surface area contributed by atoms with E-state index in [2.05, 4.69) is 5.32 Å². The number of carbonyl (C=O) groups is 2. The van der Waals surface area contributed by atoms with Gasteiger partial charge in [0.25, 0.3) is 5.91 Å². The second kappa shape index (κ2) is 9.99. The van der Waals surface area contributed by atoms with E-state index in [1.807, 2.05) is 26.8 Å². The Morgan fingerprint density at radius 1 is 1.14 bits per heavy atom. The summed E-state index contributed by atoms with van der Waals surface area (Å²) in [6, 6.07) is 10.5. The van der Waals surface area contributed by atoms with Crippen molar-refractivity contribution in [1.82, 2.24) is 0 Å². The van der Waals surface area contributed by atoms with Crippen LogP contribution in [0.5, 0.6) is 11.5 Å². The molecule has 6 nitrogen and oxygen atoms in total. The average molecular weight is 406 g/mol. The normalized spacial score (nSPS) is 10.5. The van der Waals surface area contributed by atoms with Crippen LogP contribution in [0.25, 0.3) is 0 Å². The molecule has 0 saturated carbocycles. The summed E-state index contributed by atoms with van der Waals surface area (Å²) < 4.78 is 15.7. The number of nitrogens with one attached hydrogen (secondary N) is 1. The maximum Gasteiger partial charge on any atom is 0.344 e. The minimum Gasteiger partial charge on any atom is -0.497 e. The molecule has 0 spiro atoms. The number of halogens is 1. The van der Waals surface area contributed by atoms with Gasteiger partial charge in [-0.2, -0.15) is 0 Å². The summed E-state index contributed by atoms with van der Waals surface area (Å²) in [6.45, 7) is 5.17. The average Bonchev–Trinajstić information content (AvgIpc) is 2.66. The summed E-state index contributed by atoms with van der Waals surface area (Å²) in [5.41, 5.74) is 2.31. The van der Waals surface area contributed by atoms with Crippen molar-refractivity contribution < 1.29 is 23.8 Å².